The zero-order valence-corrected chi connectivity index (χ0v) is 12.6. The van der Waals surface area contributed by atoms with Crippen molar-refractivity contribution in [2.24, 2.45) is 11.8 Å². The summed E-state index contributed by atoms with van der Waals surface area (Å²) < 4.78 is 0. The van der Waals surface area contributed by atoms with Crippen LogP contribution in [0, 0.1) is 11.8 Å². The van der Waals surface area contributed by atoms with E-state index in [4.69, 9.17) is 0 Å². The van der Waals surface area contributed by atoms with Gasteiger partial charge in [0.05, 0.1) is 0 Å². The first kappa shape index (κ1) is 14.3. The van der Waals surface area contributed by atoms with Crippen molar-refractivity contribution in [3.05, 3.63) is 0 Å². The summed E-state index contributed by atoms with van der Waals surface area (Å²) in [6, 6.07) is 1.66. The first-order chi connectivity index (χ1) is 8.74. The molecule has 0 aromatic heterocycles. The van der Waals surface area contributed by atoms with Gasteiger partial charge in [-0.25, -0.2) is 0 Å². The van der Waals surface area contributed by atoms with Crippen molar-refractivity contribution in [1.82, 2.24) is 10.2 Å². The highest BCUT2D eigenvalue weighted by Crippen LogP contribution is 2.38. The van der Waals surface area contributed by atoms with Gasteiger partial charge in [0.2, 0.25) is 0 Å². The van der Waals surface area contributed by atoms with Gasteiger partial charge in [-0.3, -0.25) is 4.90 Å². The minimum atomic E-state index is 0.752. The Morgan fingerprint density at radius 3 is 2.67 bits per heavy atom. The van der Waals surface area contributed by atoms with Crippen molar-refractivity contribution in [2.45, 2.75) is 71.4 Å². The van der Waals surface area contributed by atoms with Crippen LogP contribution in [0.4, 0.5) is 0 Å². The van der Waals surface area contributed by atoms with Gasteiger partial charge in [0, 0.05) is 18.6 Å². The molecule has 2 fully saturated rings. The number of hydrogen-bond acceptors (Lipinski definition) is 2. The molecular weight excluding hydrogens is 220 g/mol. The van der Waals surface area contributed by atoms with Gasteiger partial charge in [-0.2, -0.15) is 0 Å². The Hall–Kier alpha value is -0.0800. The van der Waals surface area contributed by atoms with Crippen LogP contribution >= 0.6 is 0 Å². The van der Waals surface area contributed by atoms with Crippen molar-refractivity contribution in [3.8, 4) is 0 Å². The van der Waals surface area contributed by atoms with E-state index in [0.717, 1.165) is 23.9 Å². The summed E-state index contributed by atoms with van der Waals surface area (Å²) in [7, 11) is 0. The molecular formula is C16H32N2. The summed E-state index contributed by atoms with van der Waals surface area (Å²) in [5.41, 5.74) is 0. The van der Waals surface area contributed by atoms with E-state index >= 15 is 0 Å². The van der Waals surface area contributed by atoms with Crippen LogP contribution in [0.2, 0.25) is 0 Å². The number of nitrogens with zero attached hydrogens (tertiary/aromatic N) is 1. The lowest BCUT2D eigenvalue weighted by molar-refractivity contribution is 0.0461. The van der Waals surface area contributed by atoms with Gasteiger partial charge >= 0.3 is 0 Å². The lowest BCUT2D eigenvalue weighted by Gasteiger charge is -2.44. The van der Waals surface area contributed by atoms with E-state index in [0.29, 0.717) is 0 Å². The smallest absolute Gasteiger partial charge is 0.0246 e. The van der Waals surface area contributed by atoms with Crippen molar-refractivity contribution >= 4 is 0 Å². The van der Waals surface area contributed by atoms with E-state index in [9.17, 15) is 0 Å². The summed E-state index contributed by atoms with van der Waals surface area (Å²) in [6.45, 7) is 10.8. The number of fused-ring (bicyclic) bond motifs is 1. The Kier molecular flexibility index (Phi) is 5.50. The van der Waals surface area contributed by atoms with Gasteiger partial charge in [0.1, 0.15) is 0 Å². The Bertz CT molecular complexity index is 239. The first-order valence-corrected chi connectivity index (χ1v) is 8.20. The Balaban J connectivity index is 1.95. The van der Waals surface area contributed by atoms with Gasteiger partial charge in [-0.15, -0.1) is 0 Å². The third-order valence-corrected chi connectivity index (χ3v) is 5.01. The normalized spacial score (nSPS) is 30.7. The van der Waals surface area contributed by atoms with Crippen molar-refractivity contribution in [3.63, 3.8) is 0 Å². The van der Waals surface area contributed by atoms with E-state index < -0.39 is 0 Å². The molecule has 0 radical (unpaired) electrons. The summed E-state index contributed by atoms with van der Waals surface area (Å²) in [6.07, 6.45) is 8.60. The van der Waals surface area contributed by atoms with Gasteiger partial charge < -0.3 is 5.32 Å². The fraction of sp³-hybridized carbons (Fsp3) is 1.00. The van der Waals surface area contributed by atoms with Crippen LogP contribution in [-0.4, -0.2) is 36.6 Å². The van der Waals surface area contributed by atoms with Crippen molar-refractivity contribution in [1.29, 1.82) is 0 Å². The lowest BCUT2D eigenvalue weighted by atomic mass is 9.88. The second kappa shape index (κ2) is 6.91. The summed E-state index contributed by atoms with van der Waals surface area (Å²) in [4.78, 5) is 2.87. The third-order valence-electron chi connectivity index (χ3n) is 5.01. The second-order valence-corrected chi connectivity index (χ2v) is 6.65. The van der Waals surface area contributed by atoms with Crippen LogP contribution in [0.5, 0.6) is 0 Å². The summed E-state index contributed by atoms with van der Waals surface area (Å²) >= 11 is 0. The summed E-state index contributed by atoms with van der Waals surface area (Å²) in [5, 5.41) is 3.65. The van der Waals surface area contributed by atoms with Crippen molar-refractivity contribution < 1.29 is 0 Å². The average molecular weight is 252 g/mol. The maximum atomic E-state index is 3.65. The Morgan fingerprint density at radius 1 is 1.17 bits per heavy atom. The largest absolute Gasteiger partial charge is 0.315 e. The third kappa shape index (κ3) is 3.27. The molecule has 18 heavy (non-hydrogen) atoms. The van der Waals surface area contributed by atoms with Crippen LogP contribution in [0.1, 0.15) is 59.3 Å². The van der Waals surface area contributed by atoms with Crippen LogP contribution in [0.15, 0.2) is 0 Å². The highest BCUT2D eigenvalue weighted by Gasteiger charge is 2.38. The molecule has 2 rings (SSSR count). The molecule has 0 amide bonds. The van der Waals surface area contributed by atoms with E-state index in [2.05, 4.69) is 31.0 Å². The maximum absolute atomic E-state index is 3.65. The van der Waals surface area contributed by atoms with Crippen LogP contribution in [0.25, 0.3) is 0 Å². The van der Waals surface area contributed by atoms with E-state index in [-0.39, 0.29) is 0 Å². The minimum Gasteiger partial charge on any atom is -0.315 e. The fourth-order valence-corrected chi connectivity index (χ4v) is 4.07. The van der Waals surface area contributed by atoms with Crippen LogP contribution < -0.4 is 5.32 Å². The minimum absolute atomic E-state index is 0.752. The highest BCUT2D eigenvalue weighted by atomic mass is 15.2. The topological polar surface area (TPSA) is 15.3 Å². The SMILES string of the molecule is CCCNCC(C(C)C)N1CCCC2CCCC21. The summed E-state index contributed by atoms with van der Waals surface area (Å²) in [5.74, 6) is 1.79. The molecule has 0 spiro atoms. The lowest BCUT2D eigenvalue weighted by Crippen LogP contribution is -2.54. The molecule has 106 valence electrons. The van der Waals surface area contributed by atoms with E-state index in [1.807, 2.05) is 0 Å². The van der Waals surface area contributed by atoms with Crippen LogP contribution in [0.3, 0.4) is 0 Å². The second-order valence-electron chi connectivity index (χ2n) is 6.65. The Labute approximate surface area is 114 Å². The number of rotatable bonds is 6. The zero-order valence-electron chi connectivity index (χ0n) is 12.6. The van der Waals surface area contributed by atoms with Gasteiger partial charge in [0.15, 0.2) is 0 Å². The molecule has 1 saturated heterocycles. The van der Waals surface area contributed by atoms with Gasteiger partial charge in [0.25, 0.3) is 0 Å². The first-order valence-electron chi connectivity index (χ1n) is 8.20. The molecule has 0 bridgehead atoms. The molecule has 2 heteroatoms. The van der Waals surface area contributed by atoms with E-state index in [1.165, 1.54) is 58.2 Å². The Morgan fingerprint density at radius 2 is 1.94 bits per heavy atom. The van der Waals surface area contributed by atoms with E-state index in [1.54, 1.807) is 0 Å². The average Bonchev–Trinajstić information content (AvgIpc) is 2.82. The molecule has 3 unspecified atom stereocenters. The number of nitrogens with one attached hydrogen (secondary N) is 1. The molecule has 0 aromatic rings. The number of piperidine rings is 1. The molecule has 1 heterocycles. The van der Waals surface area contributed by atoms with Gasteiger partial charge in [-0.05, 0) is 57.0 Å². The molecule has 1 saturated carbocycles. The molecule has 2 nitrogen and oxygen atoms in total. The monoisotopic (exact) mass is 252 g/mol. The number of likely N-dealkylation sites (tertiary alicyclic amines) is 1. The quantitative estimate of drug-likeness (QED) is 0.730. The highest BCUT2D eigenvalue weighted by molar-refractivity contribution is 4.93. The zero-order chi connectivity index (χ0) is 13.0. The van der Waals surface area contributed by atoms with Crippen LogP contribution in [-0.2, 0) is 0 Å². The van der Waals surface area contributed by atoms with Crippen molar-refractivity contribution in [2.75, 3.05) is 19.6 Å². The fourth-order valence-electron chi connectivity index (χ4n) is 4.07. The number of hydrogen-bond donors (Lipinski definition) is 1. The maximum Gasteiger partial charge on any atom is 0.0246 e. The molecule has 3 atom stereocenters. The molecule has 1 aliphatic carbocycles. The molecule has 1 N–H and O–H groups in total. The predicted octanol–water partition coefficient (Wildman–Crippen LogP) is 3.28. The standard InChI is InChI=1S/C16H32N2/c1-4-10-17-12-16(13(2)3)18-11-6-8-14-7-5-9-15(14)18/h13-17H,4-12H2,1-3H3. The molecule has 2 aliphatic rings. The predicted molar refractivity (Wildman–Crippen MR) is 78.9 cm³/mol. The van der Waals surface area contributed by atoms with Gasteiger partial charge in [-0.1, -0.05) is 27.2 Å². The molecule has 1 aliphatic heterocycles. The molecule has 0 aromatic carbocycles.